The third-order valence-corrected chi connectivity index (χ3v) is 6.50. The van der Waals surface area contributed by atoms with Crippen LogP contribution in [-0.2, 0) is 22.3 Å². The monoisotopic (exact) mass is 496 g/mol. The van der Waals surface area contributed by atoms with E-state index < -0.39 is 11.7 Å². The molecule has 4 rings (SSSR count). The van der Waals surface area contributed by atoms with E-state index in [4.69, 9.17) is 4.74 Å². The molecule has 8 nitrogen and oxygen atoms in total. The Morgan fingerprint density at radius 3 is 2.49 bits per heavy atom. The van der Waals surface area contributed by atoms with Crippen LogP contribution in [0.5, 0.6) is 0 Å². The summed E-state index contributed by atoms with van der Waals surface area (Å²) in [6, 6.07) is 4.39. The Balaban J connectivity index is 0.00000108. The zero-order valence-electron chi connectivity index (χ0n) is 20.6. The highest BCUT2D eigenvalue weighted by molar-refractivity contribution is 5.79. The average Bonchev–Trinajstić information content (AvgIpc) is 3.55. The molecule has 0 bridgehead atoms. The fourth-order valence-electron chi connectivity index (χ4n) is 4.64. The summed E-state index contributed by atoms with van der Waals surface area (Å²) in [5.41, 5.74) is -0.283. The van der Waals surface area contributed by atoms with Crippen molar-refractivity contribution < 1.29 is 22.7 Å². The van der Waals surface area contributed by atoms with E-state index >= 15 is 0 Å². The predicted octanol–water partition coefficient (Wildman–Crippen LogP) is 3.99. The van der Waals surface area contributed by atoms with Gasteiger partial charge in [0.1, 0.15) is 6.33 Å². The first kappa shape index (κ1) is 27.1. The average molecular weight is 497 g/mol. The highest BCUT2D eigenvalue weighted by Gasteiger charge is 2.35. The standard InChI is InChI=1S/C21H27F3N6O2.C3H8/c1-29(17-4-6-32-7-5-17)18-3-2-15(10-18)20(31)25-12-14-8-16(21(22,23)24)11-19(9-14)30-13-26-27-28-30;1-3-2/h8-9,11,13,15,17-18H,2-7,10,12H2,1H3,(H,25,31);3H2,1-2H3/t15-,18?;/m0./s1. The van der Waals surface area contributed by atoms with Crippen LogP contribution in [0.15, 0.2) is 24.5 Å². The Morgan fingerprint density at radius 2 is 1.86 bits per heavy atom. The minimum Gasteiger partial charge on any atom is -0.381 e. The molecule has 11 heteroatoms. The van der Waals surface area contributed by atoms with Crippen LogP contribution < -0.4 is 5.32 Å². The number of alkyl halides is 3. The molecular formula is C24H35F3N6O2. The Bertz CT molecular complexity index is 932. The molecule has 2 aliphatic rings. The lowest BCUT2D eigenvalue weighted by molar-refractivity contribution is -0.137. The van der Waals surface area contributed by atoms with Gasteiger partial charge in [0.15, 0.2) is 0 Å². The van der Waals surface area contributed by atoms with Crippen molar-refractivity contribution in [2.75, 3.05) is 20.3 Å². The molecule has 194 valence electrons. The number of carbonyl (C=O) groups excluding carboxylic acids is 1. The molecule has 1 N–H and O–H groups in total. The molecule has 2 atom stereocenters. The van der Waals surface area contributed by atoms with Gasteiger partial charge in [0, 0.05) is 37.8 Å². The van der Waals surface area contributed by atoms with Gasteiger partial charge in [-0.3, -0.25) is 4.79 Å². The van der Waals surface area contributed by atoms with Crippen LogP contribution in [0.3, 0.4) is 0 Å². The molecule has 1 aliphatic heterocycles. The second-order valence-electron chi connectivity index (χ2n) is 9.24. The number of rotatable bonds is 6. The van der Waals surface area contributed by atoms with Gasteiger partial charge in [-0.2, -0.15) is 13.2 Å². The van der Waals surface area contributed by atoms with Crippen molar-refractivity contribution in [1.29, 1.82) is 0 Å². The smallest absolute Gasteiger partial charge is 0.381 e. The topological polar surface area (TPSA) is 85.2 Å². The fraction of sp³-hybridized carbons (Fsp3) is 0.667. The van der Waals surface area contributed by atoms with E-state index in [1.165, 1.54) is 12.7 Å². The zero-order valence-corrected chi connectivity index (χ0v) is 20.6. The van der Waals surface area contributed by atoms with E-state index in [1.54, 1.807) is 6.07 Å². The van der Waals surface area contributed by atoms with Crippen LogP contribution in [0.25, 0.3) is 5.69 Å². The third-order valence-electron chi connectivity index (χ3n) is 6.50. The normalized spacial score (nSPS) is 21.0. The molecule has 2 aromatic rings. The number of halogens is 3. The molecule has 0 radical (unpaired) electrons. The van der Waals surface area contributed by atoms with Crippen molar-refractivity contribution in [2.45, 2.75) is 77.2 Å². The lowest BCUT2D eigenvalue weighted by Gasteiger charge is -2.35. The molecule has 1 saturated carbocycles. The number of hydrogen-bond acceptors (Lipinski definition) is 6. The van der Waals surface area contributed by atoms with Gasteiger partial charge in [-0.05, 0) is 73.3 Å². The summed E-state index contributed by atoms with van der Waals surface area (Å²) in [4.78, 5) is 15.1. The summed E-state index contributed by atoms with van der Waals surface area (Å²) in [7, 11) is 2.12. The van der Waals surface area contributed by atoms with Crippen LogP contribution in [0, 0.1) is 5.92 Å². The molecule has 1 aromatic carbocycles. The summed E-state index contributed by atoms with van der Waals surface area (Å²) in [5, 5.41) is 13.4. The number of amides is 1. The fourth-order valence-corrected chi connectivity index (χ4v) is 4.64. The van der Waals surface area contributed by atoms with Crippen LogP contribution in [0.2, 0.25) is 0 Å². The summed E-state index contributed by atoms with van der Waals surface area (Å²) >= 11 is 0. The molecule has 0 spiro atoms. The molecule has 1 amide bonds. The van der Waals surface area contributed by atoms with Crippen molar-refractivity contribution in [3.05, 3.63) is 35.7 Å². The van der Waals surface area contributed by atoms with E-state index in [0.717, 1.165) is 62.1 Å². The number of ether oxygens (including phenoxy) is 1. The zero-order chi connectivity index (χ0) is 25.4. The second-order valence-corrected chi connectivity index (χ2v) is 9.24. The SMILES string of the molecule is CCC.CN(C1CCOCC1)C1CC[C@H](C(=O)NCc2cc(-n3cnnn3)cc(C(F)(F)F)c2)C1. The van der Waals surface area contributed by atoms with Crippen molar-refractivity contribution in [3.8, 4) is 5.69 Å². The molecule has 1 aliphatic carbocycles. The lowest BCUT2D eigenvalue weighted by Crippen LogP contribution is -2.42. The molecular weight excluding hydrogens is 461 g/mol. The predicted molar refractivity (Wildman–Crippen MR) is 125 cm³/mol. The summed E-state index contributed by atoms with van der Waals surface area (Å²) in [6.07, 6.45) is 2.45. The number of hydrogen-bond donors (Lipinski definition) is 1. The summed E-state index contributed by atoms with van der Waals surface area (Å²) in [5.74, 6) is -0.249. The number of nitrogens with zero attached hydrogens (tertiary/aromatic N) is 5. The largest absolute Gasteiger partial charge is 0.416 e. The van der Waals surface area contributed by atoms with Crippen LogP contribution >= 0.6 is 0 Å². The van der Waals surface area contributed by atoms with Gasteiger partial charge in [-0.1, -0.05) is 20.3 Å². The van der Waals surface area contributed by atoms with Crippen molar-refractivity contribution in [1.82, 2.24) is 30.4 Å². The number of carbonyl (C=O) groups is 1. The molecule has 1 saturated heterocycles. The van der Waals surface area contributed by atoms with Gasteiger partial charge in [0.05, 0.1) is 11.3 Å². The summed E-state index contributed by atoms with van der Waals surface area (Å²) < 4.78 is 46.6. The number of aromatic nitrogens is 4. The molecule has 2 heterocycles. The highest BCUT2D eigenvalue weighted by atomic mass is 19.4. The van der Waals surface area contributed by atoms with Gasteiger partial charge in [0.25, 0.3) is 0 Å². The Kier molecular flexibility index (Phi) is 9.62. The minimum absolute atomic E-state index is 0.00878. The second kappa shape index (κ2) is 12.4. The van der Waals surface area contributed by atoms with Crippen molar-refractivity contribution in [3.63, 3.8) is 0 Å². The molecule has 35 heavy (non-hydrogen) atoms. The maximum absolute atomic E-state index is 13.3. The van der Waals surface area contributed by atoms with E-state index in [2.05, 4.69) is 46.6 Å². The third kappa shape index (κ3) is 7.47. The van der Waals surface area contributed by atoms with Crippen molar-refractivity contribution >= 4 is 5.91 Å². The number of tetrazole rings is 1. The van der Waals surface area contributed by atoms with Crippen LogP contribution in [-0.4, -0.2) is 63.4 Å². The lowest BCUT2D eigenvalue weighted by atomic mass is 10.0. The van der Waals surface area contributed by atoms with E-state index in [-0.39, 0.29) is 24.1 Å². The van der Waals surface area contributed by atoms with Gasteiger partial charge in [0.2, 0.25) is 5.91 Å². The highest BCUT2D eigenvalue weighted by Crippen LogP contribution is 2.33. The van der Waals surface area contributed by atoms with Crippen LogP contribution in [0.4, 0.5) is 13.2 Å². The Morgan fingerprint density at radius 1 is 1.14 bits per heavy atom. The van der Waals surface area contributed by atoms with Gasteiger partial charge in [-0.25, -0.2) is 4.68 Å². The maximum Gasteiger partial charge on any atom is 0.416 e. The summed E-state index contributed by atoms with van der Waals surface area (Å²) in [6.45, 7) is 5.80. The molecule has 2 fully saturated rings. The van der Waals surface area contributed by atoms with Gasteiger partial charge < -0.3 is 15.0 Å². The van der Waals surface area contributed by atoms with E-state index in [1.807, 2.05) is 0 Å². The maximum atomic E-state index is 13.3. The number of nitrogens with one attached hydrogen (secondary N) is 1. The first-order valence-electron chi connectivity index (χ1n) is 12.2. The Labute approximate surface area is 204 Å². The van der Waals surface area contributed by atoms with Crippen molar-refractivity contribution in [2.24, 2.45) is 5.92 Å². The van der Waals surface area contributed by atoms with E-state index in [0.29, 0.717) is 17.6 Å². The van der Waals surface area contributed by atoms with Crippen LogP contribution in [0.1, 0.15) is 63.5 Å². The number of benzene rings is 1. The first-order chi connectivity index (χ1) is 16.7. The molecule has 1 unspecified atom stereocenters. The van der Waals surface area contributed by atoms with Gasteiger partial charge >= 0.3 is 6.18 Å². The molecule has 1 aromatic heterocycles. The first-order valence-corrected chi connectivity index (χ1v) is 12.2. The minimum atomic E-state index is -4.52. The quantitative estimate of drug-likeness (QED) is 0.651. The Hall–Kier alpha value is -2.53. The van der Waals surface area contributed by atoms with E-state index in [9.17, 15) is 18.0 Å². The van der Waals surface area contributed by atoms with Gasteiger partial charge in [-0.15, -0.1) is 5.10 Å².